The number of rotatable bonds is 6. The zero-order valence-electron chi connectivity index (χ0n) is 17.2. The van der Waals surface area contributed by atoms with Crippen LogP contribution in [0.5, 0.6) is 0 Å². The molecule has 0 saturated carbocycles. The van der Waals surface area contributed by atoms with Crippen LogP contribution in [0, 0.1) is 11.3 Å². The van der Waals surface area contributed by atoms with Crippen molar-refractivity contribution in [3.8, 4) is 17.2 Å². The minimum absolute atomic E-state index is 0.220. The van der Waals surface area contributed by atoms with E-state index >= 15 is 0 Å². The second-order valence-corrected chi connectivity index (χ2v) is 7.47. The number of primary amides is 1. The average Bonchev–Trinajstić information content (AvgIpc) is 3.20. The molecule has 1 aromatic heterocycles. The third-order valence-corrected chi connectivity index (χ3v) is 4.80. The summed E-state index contributed by atoms with van der Waals surface area (Å²) < 4.78 is 40.7. The van der Waals surface area contributed by atoms with Gasteiger partial charge in [-0.25, -0.2) is 0 Å². The number of amides is 2. The maximum atomic E-state index is 13.1. The maximum absolute atomic E-state index is 13.1. The standard InChI is InChI=1S/C22H18F3N5O3/c1-21(33,20(32)29-17-7-6-15(9-26)18(8-17)22(23,24)25)12-30-11-16(10-28-30)13-2-4-14(5-3-13)19(27)31/h2-8,10-11,33H,12H2,1H3,(H2,27,31)(H,29,32)/t21-/m0/s1. The molecule has 0 bridgehead atoms. The van der Waals surface area contributed by atoms with Crippen molar-refractivity contribution in [2.45, 2.75) is 25.2 Å². The molecule has 0 aliphatic rings. The van der Waals surface area contributed by atoms with E-state index in [9.17, 15) is 27.9 Å². The van der Waals surface area contributed by atoms with Crippen LogP contribution < -0.4 is 11.1 Å². The van der Waals surface area contributed by atoms with Gasteiger partial charge < -0.3 is 16.2 Å². The molecule has 170 valence electrons. The van der Waals surface area contributed by atoms with Crippen LogP contribution in [-0.2, 0) is 17.5 Å². The highest BCUT2D eigenvalue weighted by Gasteiger charge is 2.35. The molecule has 4 N–H and O–H groups in total. The molecule has 0 spiro atoms. The molecule has 0 radical (unpaired) electrons. The molecular formula is C22H18F3N5O3. The van der Waals surface area contributed by atoms with Gasteiger partial charge in [0.1, 0.15) is 0 Å². The summed E-state index contributed by atoms with van der Waals surface area (Å²) in [5, 5.41) is 25.8. The first-order valence-electron chi connectivity index (χ1n) is 9.48. The van der Waals surface area contributed by atoms with Crippen LogP contribution in [-0.4, -0.2) is 32.3 Å². The van der Waals surface area contributed by atoms with Crippen molar-refractivity contribution in [3.63, 3.8) is 0 Å². The quantitative estimate of drug-likeness (QED) is 0.523. The third kappa shape index (κ3) is 5.36. The number of nitrogens with two attached hydrogens (primary N) is 1. The smallest absolute Gasteiger partial charge is 0.378 e. The van der Waals surface area contributed by atoms with Crippen molar-refractivity contribution in [1.82, 2.24) is 9.78 Å². The first kappa shape index (κ1) is 23.5. The van der Waals surface area contributed by atoms with Crippen LogP contribution in [0.15, 0.2) is 54.9 Å². The number of aliphatic hydroxyl groups is 1. The molecule has 0 fully saturated rings. The first-order chi connectivity index (χ1) is 15.4. The number of carbonyl (C=O) groups is 2. The second-order valence-electron chi connectivity index (χ2n) is 7.47. The summed E-state index contributed by atoms with van der Waals surface area (Å²) >= 11 is 0. The molecule has 2 aromatic carbocycles. The lowest BCUT2D eigenvalue weighted by Gasteiger charge is -2.22. The third-order valence-electron chi connectivity index (χ3n) is 4.80. The second kappa shape index (κ2) is 8.76. The maximum Gasteiger partial charge on any atom is 0.417 e. The lowest BCUT2D eigenvalue weighted by molar-refractivity contribution is -0.138. The predicted octanol–water partition coefficient (Wildman–Crippen LogP) is 2.93. The van der Waals surface area contributed by atoms with Gasteiger partial charge in [-0.05, 0) is 42.8 Å². The van der Waals surface area contributed by atoms with Gasteiger partial charge in [0.2, 0.25) is 5.91 Å². The van der Waals surface area contributed by atoms with Crippen LogP contribution in [0.1, 0.15) is 28.4 Å². The number of nitrogens with one attached hydrogen (secondary N) is 1. The molecule has 1 heterocycles. The van der Waals surface area contributed by atoms with Crippen molar-refractivity contribution in [2.75, 3.05) is 5.32 Å². The Bertz CT molecular complexity index is 1240. The fourth-order valence-corrected chi connectivity index (χ4v) is 3.03. The van der Waals surface area contributed by atoms with E-state index in [0.717, 1.165) is 12.1 Å². The fourth-order valence-electron chi connectivity index (χ4n) is 3.03. The van der Waals surface area contributed by atoms with Gasteiger partial charge in [-0.2, -0.15) is 23.5 Å². The van der Waals surface area contributed by atoms with E-state index in [4.69, 9.17) is 11.0 Å². The summed E-state index contributed by atoms with van der Waals surface area (Å²) in [6.45, 7) is 0.903. The Hall–Kier alpha value is -4.17. The molecule has 1 atom stereocenters. The average molecular weight is 457 g/mol. The van der Waals surface area contributed by atoms with Crippen molar-refractivity contribution >= 4 is 17.5 Å². The summed E-state index contributed by atoms with van der Waals surface area (Å²) in [7, 11) is 0. The molecule has 3 aromatic rings. The van der Waals surface area contributed by atoms with Gasteiger partial charge in [0.25, 0.3) is 5.91 Å². The van der Waals surface area contributed by atoms with Crippen LogP contribution in [0.2, 0.25) is 0 Å². The summed E-state index contributed by atoms with van der Waals surface area (Å²) in [4.78, 5) is 23.7. The van der Waals surface area contributed by atoms with E-state index in [1.165, 1.54) is 23.9 Å². The minimum atomic E-state index is -4.78. The number of alkyl halides is 3. The lowest BCUT2D eigenvalue weighted by Crippen LogP contribution is -2.43. The number of hydrogen-bond donors (Lipinski definition) is 3. The Morgan fingerprint density at radius 3 is 2.42 bits per heavy atom. The molecule has 33 heavy (non-hydrogen) atoms. The SMILES string of the molecule is C[C@](O)(Cn1cc(-c2ccc(C(N)=O)cc2)cn1)C(=O)Nc1ccc(C#N)c(C(F)(F)F)c1. The highest BCUT2D eigenvalue weighted by atomic mass is 19.4. The summed E-state index contributed by atoms with van der Waals surface area (Å²) in [6.07, 6.45) is -1.73. The molecule has 0 aliphatic heterocycles. The Labute approximate surface area is 186 Å². The van der Waals surface area contributed by atoms with E-state index in [-0.39, 0.29) is 12.2 Å². The van der Waals surface area contributed by atoms with E-state index in [1.807, 2.05) is 0 Å². The Morgan fingerprint density at radius 1 is 1.18 bits per heavy atom. The van der Waals surface area contributed by atoms with Crippen LogP contribution in [0.4, 0.5) is 18.9 Å². The summed E-state index contributed by atoms with van der Waals surface area (Å²) in [5.74, 6) is -1.52. The molecule has 0 unspecified atom stereocenters. The lowest BCUT2D eigenvalue weighted by atomic mass is 10.0. The molecule has 0 aliphatic carbocycles. The number of benzene rings is 2. The van der Waals surface area contributed by atoms with Crippen molar-refractivity contribution < 1.29 is 27.9 Å². The summed E-state index contributed by atoms with van der Waals surface area (Å²) in [6, 6.07) is 10.6. The molecule has 11 heteroatoms. The van der Waals surface area contributed by atoms with E-state index in [2.05, 4.69) is 10.4 Å². The predicted molar refractivity (Wildman–Crippen MR) is 112 cm³/mol. The van der Waals surface area contributed by atoms with Crippen molar-refractivity contribution in [3.05, 3.63) is 71.5 Å². The number of aromatic nitrogens is 2. The number of hydrogen-bond acceptors (Lipinski definition) is 5. The molecule has 8 nitrogen and oxygen atoms in total. The van der Waals surface area contributed by atoms with Crippen molar-refractivity contribution in [2.24, 2.45) is 5.73 Å². The van der Waals surface area contributed by atoms with Gasteiger partial charge in [0.15, 0.2) is 5.60 Å². The number of nitriles is 1. The van der Waals surface area contributed by atoms with Crippen LogP contribution in [0.3, 0.4) is 0 Å². The summed E-state index contributed by atoms with van der Waals surface area (Å²) in [5.41, 5.74) is 2.89. The Balaban J connectivity index is 1.74. The first-order valence-corrected chi connectivity index (χ1v) is 9.48. The molecule has 3 rings (SSSR count). The van der Waals surface area contributed by atoms with E-state index in [0.29, 0.717) is 22.8 Å². The van der Waals surface area contributed by atoms with Gasteiger partial charge in [0, 0.05) is 23.0 Å². The van der Waals surface area contributed by atoms with Crippen LogP contribution >= 0.6 is 0 Å². The largest absolute Gasteiger partial charge is 0.417 e. The van der Waals surface area contributed by atoms with Crippen molar-refractivity contribution in [1.29, 1.82) is 5.26 Å². The molecule has 0 saturated heterocycles. The Morgan fingerprint density at radius 2 is 1.85 bits per heavy atom. The highest BCUT2D eigenvalue weighted by molar-refractivity contribution is 5.97. The Kier molecular flexibility index (Phi) is 6.23. The fraction of sp³-hybridized carbons (Fsp3) is 0.182. The molecule has 2 amide bonds. The van der Waals surface area contributed by atoms with Crippen LogP contribution in [0.25, 0.3) is 11.1 Å². The zero-order valence-corrected chi connectivity index (χ0v) is 17.2. The van der Waals surface area contributed by atoms with Gasteiger partial charge in [-0.3, -0.25) is 14.3 Å². The molecular weight excluding hydrogens is 439 g/mol. The minimum Gasteiger partial charge on any atom is -0.378 e. The topological polar surface area (TPSA) is 134 Å². The highest BCUT2D eigenvalue weighted by Crippen LogP contribution is 2.33. The van der Waals surface area contributed by atoms with E-state index < -0.39 is 34.7 Å². The number of anilines is 1. The van der Waals surface area contributed by atoms with Gasteiger partial charge in [0.05, 0.1) is 29.9 Å². The normalized spacial score (nSPS) is 13.1. The van der Waals surface area contributed by atoms with Gasteiger partial charge >= 0.3 is 6.18 Å². The number of nitrogens with zero attached hydrogens (tertiary/aromatic N) is 3. The monoisotopic (exact) mass is 457 g/mol. The van der Waals surface area contributed by atoms with Gasteiger partial charge in [-0.15, -0.1) is 0 Å². The number of carbonyl (C=O) groups excluding carboxylic acids is 2. The zero-order chi connectivity index (χ0) is 24.4. The van der Waals surface area contributed by atoms with Gasteiger partial charge in [-0.1, -0.05) is 12.1 Å². The number of halogens is 3. The van der Waals surface area contributed by atoms with E-state index in [1.54, 1.807) is 30.5 Å².